The minimum absolute atomic E-state index is 0.157. The predicted octanol–water partition coefficient (Wildman–Crippen LogP) is 2.36. The van der Waals surface area contributed by atoms with Crippen LogP contribution in [0, 0.1) is 0 Å². The second-order valence-electron chi connectivity index (χ2n) is 6.23. The summed E-state index contributed by atoms with van der Waals surface area (Å²) in [6.45, 7) is 1.03. The fourth-order valence-electron chi connectivity index (χ4n) is 2.82. The third-order valence-corrected chi connectivity index (χ3v) is 5.67. The Balaban J connectivity index is 1.72. The summed E-state index contributed by atoms with van der Waals surface area (Å²) in [5.41, 5.74) is 1.19. The fourth-order valence-corrected chi connectivity index (χ4v) is 3.97. The van der Waals surface area contributed by atoms with Crippen molar-refractivity contribution in [2.45, 2.75) is 0 Å². The molecule has 7 heteroatoms. The summed E-state index contributed by atoms with van der Waals surface area (Å²) in [5, 5.41) is 0.566. The van der Waals surface area contributed by atoms with E-state index in [-0.39, 0.29) is 11.3 Å². The maximum Gasteiger partial charge on any atom is 0.268 e. The van der Waals surface area contributed by atoms with Crippen molar-refractivity contribution in [2.75, 3.05) is 13.2 Å². The summed E-state index contributed by atoms with van der Waals surface area (Å²) in [7, 11) is 1.65. The molecule has 5 nitrogen and oxygen atoms in total. The highest BCUT2D eigenvalue weighted by atomic mass is 35.5. The van der Waals surface area contributed by atoms with E-state index in [2.05, 4.69) is 0 Å². The summed E-state index contributed by atoms with van der Waals surface area (Å²) in [4.78, 5) is 25.1. The van der Waals surface area contributed by atoms with Crippen LogP contribution < -0.4 is 24.2 Å². The van der Waals surface area contributed by atoms with E-state index in [1.807, 2.05) is 18.2 Å². The van der Waals surface area contributed by atoms with E-state index in [0.717, 1.165) is 5.56 Å². The van der Waals surface area contributed by atoms with Crippen molar-refractivity contribution in [2.24, 2.45) is 7.05 Å². The van der Waals surface area contributed by atoms with Crippen LogP contribution in [0.25, 0.3) is 12.2 Å². The number of ether oxygens (including phenoxy) is 2. The van der Waals surface area contributed by atoms with Crippen LogP contribution in [0.5, 0.6) is 11.5 Å². The highest BCUT2D eigenvalue weighted by Crippen LogP contribution is 2.30. The van der Waals surface area contributed by atoms with Crippen molar-refractivity contribution < 1.29 is 14.3 Å². The molecule has 0 bridgehead atoms. The number of carbonyl (C=O) groups is 1. The first-order valence-electron chi connectivity index (χ1n) is 8.60. The molecule has 0 N–H and O–H groups in total. The average molecular weight is 414 g/mol. The average Bonchev–Trinajstić information content (AvgIpc) is 2.96. The molecule has 28 heavy (non-hydrogen) atoms. The van der Waals surface area contributed by atoms with Gasteiger partial charge < -0.3 is 14.0 Å². The summed E-state index contributed by atoms with van der Waals surface area (Å²) in [6.07, 6.45) is 3.26. The first-order chi connectivity index (χ1) is 13.5. The molecule has 0 fully saturated rings. The van der Waals surface area contributed by atoms with Gasteiger partial charge in [-0.15, -0.1) is 11.3 Å². The van der Waals surface area contributed by atoms with Gasteiger partial charge in [-0.3, -0.25) is 9.59 Å². The van der Waals surface area contributed by atoms with Crippen LogP contribution >= 0.6 is 22.9 Å². The number of rotatable bonds is 3. The molecule has 1 aliphatic rings. The van der Waals surface area contributed by atoms with Crippen molar-refractivity contribution >= 4 is 40.9 Å². The van der Waals surface area contributed by atoms with Gasteiger partial charge in [-0.05, 0) is 48.0 Å². The lowest BCUT2D eigenvalue weighted by Crippen LogP contribution is -2.29. The first-order valence-corrected chi connectivity index (χ1v) is 9.79. The maximum absolute atomic E-state index is 12.6. The van der Waals surface area contributed by atoms with E-state index >= 15 is 0 Å². The number of benzene rings is 2. The fraction of sp³-hybridized carbons (Fsp3) is 0.143. The second kappa shape index (κ2) is 7.66. The van der Waals surface area contributed by atoms with Crippen molar-refractivity contribution in [3.8, 4) is 11.5 Å². The lowest BCUT2D eigenvalue weighted by molar-refractivity contribution is 0.106. The van der Waals surface area contributed by atoms with Crippen molar-refractivity contribution in [3.05, 3.63) is 78.2 Å². The zero-order chi connectivity index (χ0) is 19.7. The Bertz CT molecular complexity index is 1220. The van der Waals surface area contributed by atoms with Crippen molar-refractivity contribution in [1.29, 1.82) is 0 Å². The van der Waals surface area contributed by atoms with E-state index in [9.17, 15) is 9.59 Å². The van der Waals surface area contributed by atoms with E-state index < -0.39 is 0 Å². The van der Waals surface area contributed by atoms with E-state index in [1.165, 1.54) is 22.0 Å². The van der Waals surface area contributed by atoms with Gasteiger partial charge in [0.05, 0.1) is 4.53 Å². The molecule has 0 aliphatic carbocycles. The third kappa shape index (κ3) is 3.74. The highest BCUT2D eigenvalue weighted by Gasteiger charge is 2.11. The van der Waals surface area contributed by atoms with Gasteiger partial charge in [0.2, 0.25) is 0 Å². The third-order valence-electron chi connectivity index (χ3n) is 4.31. The van der Waals surface area contributed by atoms with Gasteiger partial charge in [0.1, 0.15) is 17.9 Å². The van der Waals surface area contributed by atoms with Gasteiger partial charge >= 0.3 is 0 Å². The number of Topliss-reactive ketones (excluding diaryl/α,β-unsaturated/α-hetero) is 1. The first kappa shape index (κ1) is 18.5. The van der Waals surface area contributed by atoms with Gasteiger partial charge in [-0.1, -0.05) is 17.7 Å². The molecule has 1 aliphatic heterocycles. The SMILES string of the molecule is Cn1c(=O)/c(=C/c2ccc3c(c2)OCCO3)s/c1=C\C(=O)c1ccc(Cl)cc1. The summed E-state index contributed by atoms with van der Waals surface area (Å²) < 4.78 is 13.7. The topological polar surface area (TPSA) is 57.5 Å². The number of carbonyl (C=O) groups excluding carboxylic acids is 1. The van der Waals surface area contributed by atoms with Crippen molar-refractivity contribution in [3.63, 3.8) is 0 Å². The number of hydrogen-bond donors (Lipinski definition) is 0. The Morgan fingerprint density at radius 2 is 1.82 bits per heavy atom. The normalized spacial score (nSPS) is 14.4. The van der Waals surface area contributed by atoms with Crippen LogP contribution in [-0.4, -0.2) is 23.6 Å². The Morgan fingerprint density at radius 3 is 2.57 bits per heavy atom. The Kier molecular flexibility index (Phi) is 5.07. The number of halogens is 1. The molecule has 3 aromatic rings. The zero-order valence-electron chi connectivity index (χ0n) is 15.0. The van der Waals surface area contributed by atoms with Crippen LogP contribution in [0.4, 0.5) is 0 Å². The number of ketones is 1. The number of hydrogen-bond acceptors (Lipinski definition) is 5. The smallest absolute Gasteiger partial charge is 0.268 e. The molecule has 2 aromatic carbocycles. The maximum atomic E-state index is 12.6. The number of nitrogens with zero attached hydrogens (tertiary/aromatic N) is 1. The highest BCUT2D eigenvalue weighted by molar-refractivity contribution is 7.07. The molecule has 2 heterocycles. The summed E-state index contributed by atoms with van der Waals surface area (Å²) in [6, 6.07) is 12.2. The summed E-state index contributed by atoms with van der Waals surface area (Å²) >= 11 is 7.13. The van der Waals surface area contributed by atoms with Crippen LogP contribution in [-0.2, 0) is 7.05 Å². The van der Waals surface area contributed by atoms with Crippen LogP contribution in [0.2, 0.25) is 5.02 Å². The second-order valence-corrected chi connectivity index (χ2v) is 7.73. The standard InChI is InChI=1S/C21H16ClNO4S/c1-23-20(12-16(24)14-3-5-15(22)6-4-14)28-19(21(23)25)11-13-2-7-17-18(10-13)27-9-8-26-17/h2-7,10-12H,8-9H2,1H3/b19-11-,20-12-. The van der Waals surface area contributed by atoms with E-state index in [4.69, 9.17) is 21.1 Å². The van der Waals surface area contributed by atoms with Gasteiger partial charge in [0.25, 0.3) is 5.56 Å². The molecular formula is C21H16ClNO4S. The van der Waals surface area contributed by atoms with Gasteiger partial charge in [0.15, 0.2) is 17.3 Å². The molecule has 4 rings (SSSR count). The molecule has 142 valence electrons. The summed E-state index contributed by atoms with van der Waals surface area (Å²) in [5.74, 6) is 1.18. The molecular weight excluding hydrogens is 398 g/mol. The molecule has 0 unspecified atom stereocenters. The van der Waals surface area contributed by atoms with E-state index in [1.54, 1.807) is 37.4 Å². The predicted molar refractivity (Wildman–Crippen MR) is 110 cm³/mol. The van der Waals surface area contributed by atoms with E-state index in [0.29, 0.717) is 44.5 Å². The lowest BCUT2D eigenvalue weighted by Gasteiger charge is -2.18. The van der Waals surface area contributed by atoms with Crippen LogP contribution in [0.15, 0.2) is 47.3 Å². The Hall–Kier alpha value is -2.83. The number of thiazole rings is 1. The molecule has 0 saturated carbocycles. The molecule has 0 radical (unpaired) electrons. The Morgan fingerprint density at radius 1 is 1.11 bits per heavy atom. The molecule has 0 atom stereocenters. The largest absolute Gasteiger partial charge is 0.486 e. The van der Waals surface area contributed by atoms with Crippen molar-refractivity contribution in [1.82, 2.24) is 4.57 Å². The lowest BCUT2D eigenvalue weighted by atomic mass is 10.1. The molecule has 0 saturated heterocycles. The quantitative estimate of drug-likeness (QED) is 0.618. The zero-order valence-corrected chi connectivity index (χ0v) is 16.5. The molecule has 0 spiro atoms. The monoisotopic (exact) mass is 413 g/mol. The number of aromatic nitrogens is 1. The minimum atomic E-state index is -0.181. The number of fused-ring (bicyclic) bond motifs is 1. The van der Waals surface area contributed by atoms with Gasteiger partial charge in [-0.2, -0.15) is 0 Å². The van der Waals surface area contributed by atoms with Gasteiger partial charge in [0, 0.05) is 23.7 Å². The van der Waals surface area contributed by atoms with Crippen LogP contribution in [0.1, 0.15) is 15.9 Å². The van der Waals surface area contributed by atoms with Crippen LogP contribution in [0.3, 0.4) is 0 Å². The van der Waals surface area contributed by atoms with Gasteiger partial charge in [-0.25, -0.2) is 0 Å². The minimum Gasteiger partial charge on any atom is -0.486 e. The molecule has 1 aromatic heterocycles. The molecule has 0 amide bonds. The Labute approximate surface area is 169 Å².